The smallest absolute Gasteiger partial charge is 0.0783 e. The molecule has 2 aromatic heterocycles. The van der Waals surface area contributed by atoms with Crippen LogP contribution in [0.3, 0.4) is 0 Å². The van der Waals surface area contributed by atoms with Gasteiger partial charge in [-0.3, -0.25) is 0 Å². The molecule has 3 rings (SSSR count). The molecule has 0 spiro atoms. The van der Waals surface area contributed by atoms with Crippen LogP contribution in [0, 0.1) is 14.7 Å². The monoisotopic (exact) mass is 392 g/mol. The Morgan fingerprint density at radius 1 is 0.737 bits per heavy atom. The van der Waals surface area contributed by atoms with Gasteiger partial charge in [0.2, 0.25) is 0 Å². The van der Waals surface area contributed by atoms with E-state index in [2.05, 4.69) is 83.0 Å². The Balaban J connectivity index is 1.85. The van der Waals surface area contributed by atoms with Crippen molar-refractivity contribution in [2.24, 2.45) is 0 Å². The number of hydrogen-bond acceptors (Lipinski definition) is 2. The predicted octanol–water partition coefficient (Wildman–Crippen LogP) is 5.48. The number of hydrogen-bond donors (Lipinski definition) is 0. The molecule has 0 atom stereocenters. The van der Waals surface area contributed by atoms with Gasteiger partial charge in [-0.05, 0) is 64.3 Å². The van der Waals surface area contributed by atoms with Crippen molar-refractivity contribution < 1.29 is 0 Å². The number of thiophene rings is 2. The van der Waals surface area contributed by atoms with Crippen LogP contribution in [-0.4, -0.2) is 0 Å². The minimum atomic E-state index is 1.11. The minimum absolute atomic E-state index is 1.11. The quantitative estimate of drug-likeness (QED) is 0.380. The summed E-state index contributed by atoms with van der Waals surface area (Å²) < 4.78 is 1.28. The van der Waals surface area contributed by atoms with E-state index in [1.54, 1.807) is 22.7 Å². The third-order valence-corrected chi connectivity index (χ3v) is 5.41. The van der Waals surface area contributed by atoms with Crippen LogP contribution in [0.4, 0.5) is 0 Å². The highest BCUT2D eigenvalue weighted by molar-refractivity contribution is 14.1. The third kappa shape index (κ3) is 3.27. The van der Waals surface area contributed by atoms with E-state index in [4.69, 9.17) is 0 Å². The largest absolute Gasteiger partial charge is 0.127 e. The number of halogens is 1. The fourth-order valence-corrected chi connectivity index (χ4v) is 4.01. The average molecular weight is 392 g/mol. The summed E-state index contributed by atoms with van der Waals surface area (Å²) in [4.78, 5) is 3.51. The second-order valence-corrected chi connectivity index (χ2v) is 7.95. The standard InChI is InChI=1S/C16H9IS2/c17-16-11-9-14(19-16)7-6-13-8-10-15(18-13)12-4-2-1-3-5-12/h1-5,8-11H. The molecule has 0 radical (unpaired) electrons. The molecule has 0 aliphatic carbocycles. The highest BCUT2D eigenvalue weighted by Crippen LogP contribution is 2.27. The maximum absolute atomic E-state index is 3.24. The molecular weight excluding hydrogens is 383 g/mol. The lowest BCUT2D eigenvalue weighted by molar-refractivity contribution is 1.70. The minimum Gasteiger partial charge on any atom is -0.127 e. The zero-order valence-electron chi connectivity index (χ0n) is 9.89. The van der Waals surface area contributed by atoms with Crippen LogP contribution >= 0.6 is 45.3 Å². The first-order valence-corrected chi connectivity index (χ1v) is 8.45. The van der Waals surface area contributed by atoms with Crippen LogP contribution in [0.5, 0.6) is 0 Å². The highest BCUT2D eigenvalue weighted by atomic mass is 127. The van der Waals surface area contributed by atoms with Crippen molar-refractivity contribution >= 4 is 45.3 Å². The molecule has 3 aromatic rings. The van der Waals surface area contributed by atoms with Crippen LogP contribution in [0.1, 0.15) is 9.75 Å². The summed E-state index contributed by atoms with van der Waals surface area (Å²) in [7, 11) is 0. The van der Waals surface area contributed by atoms with E-state index < -0.39 is 0 Å². The van der Waals surface area contributed by atoms with Crippen molar-refractivity contribution in [1.82, 2.24) is 0 Å². The van der Waals surface area contributed by atoms with E-state index in [0.717, 1.165) is 9.75 Å². The Labute approximate surface area is 134 Å². The molecule has 92 valence electrons. The molecule has 0 saturated heterocycles. The van der Waals surface area contributed by atoms with Gasteiger partial charge < -0.3 is 0 Å². The second kappa shape index (κ2) is 5.91. The van der Waals surface area contributed by atoms with E-state index >= 15 is 0 Å². The van der Waals surface area contributed by atoms with E-state index in [1.807, 2.05) is 6.07 Å². The first-order valence-electron chi connectivity index (χ1n) is 5.74. The van der Waals surface area contributed by atoms with Crippen LogP contribution in [0.2, 0.25) is 0 Å². The van der Waals surface area contributed by atoms with Crippen molar-refractivity contribution in [1.29, 1.82) is 0 Å². The zero-order chi connectivity index (χ0) is 13.1. The van der Waals surface area contributed by atoms with Gasteiger partial charge in [0.25, 0.3) is 0 Å². The van der Waals surface area contributed by atoms with Gasteiger partial charge in [-0.15, -0.1) is 22.7 Å². The lowest BCUT2D eigenvalue weighted by atomic mass is 10.2. The molecule has 0 aliphatic rings. The van der Waals surface area contributed by atoms with Gasteiger partial charge in [-0.1, -0.05) is 30.3 Å². The SMILES string of the molecule is Ic1ccc(C#Cc2ccc(-c3ccccc3)s2)s1. The van der Waals surface area contributed by atoms with Crippen molar-refractivity contribution in [3.05, 3.63) is 67.2 Å². The summed E-state index contributed by atoms with van der Waals surface area (Å²) in [5.74, 6) is 6.46. The van der Waals surface area contributed by atoms with Crippen molar-refractivity contribution in [3.8, 4) is 22.3 Å². The molecule has 0 bridgehead atoms. The van der Waals surface area contributed by atoms with Crippen LogP contribution in [-0.2, 0) is 0 Å². The Morgan fingerprint density at radius 2 is 1.42 bits per heavy atom. The molecule has 0 N–H and O–H groups in total. The van der Waals surface area contributed by atoms with Crippen molar-refractivity contribution in [2.45, 2.75) is 0 Å². The maximum Gasteiger partial charge on any atom is 0.0783 e. The average Bonchev–Trinajstić information content (AvgIpc) is 3.06. The summed E-state index contributed by atoms with van der Waals surface area (Å²) in [5, 5.41) is 0. The lowest BCUT2D eigenvalue weighted by Crippen LogP contribution is -1.67. The summed E-state index contributed by atoms with van der Waals surface area (Å²) in [6, 6.07) is 18.8. The molecule has 0 amide bonds. The van der Waals surface area contributed by atoms with Gasteiger partial charge in [0.15, 0.2) is 0 Å². The van der Waals surface area contributed by atoms with Gasteiger partial charge in [-0.25, -0.2) is 0 Å². The maximum atomic E-state index is 3.24. The molecule has 1 aromatic carbocycles. The fraction of sp³-hybridized carbons (Fsp3) is 0. The molecule has 2 heterocycles. The van der Waals surface area contributed by atoms with Crippen LogP contribution in [0.15, 0.2) is 54.6 Å². The predicted molar refractivity (Wildman–Crippen MR) is 92.8 cm³/mol. The summed E-state index contributed by atoms with van der Waals surface area (Å²) in [5.41, 5.74) is 1.26. The van der Waals surface area contributed by atoms with E-state index in [9.17, 15) is 0 Å². The molecular formula is C16H9IS2. The van der Waals surface area contributed by atoms with Crippen LogP contribution < -0.4 is 0 Å². The highest BCUT2D eigenvalue weighted by Gasteiger charge is 2.00. The van der Waals surface area contributed by atoms with Gasteiger partial charge in [-0.2, -0.15) is 0 Å². The number of rotatable bonds is 1. The zero-order valence-corrected chi connectivity index (χ0v) is 13.7. The molecule has 0 nitrogen and oxygen atoms in total. The Bertz CT molecular complexity index is 742. The van der Waals surface area contributed by atoms with Gasteiger partial charge >= 0.3 is 0 Å². The van der Waals surface area contributed by atoms with Crippen molar-refractivity contribution in [3.63, 3.8) is 0 Å². The third-order valence-electron chi connectivity index (χ3n) is 2.55. The Hall–Kier alpha value is -1.09. The molecule has 0 saturated carbocycles. The first-order chi connectivity index (χ1) is 9.31. The summed E-state index contributed by atoms with van der Waals surface area (Å²) >= 11 is 5.79. The summed E-state index contributed by atoms with van der Waals surface area (Å²) in [6.07, 6.45) is 0. The molecule has 19 heavy (non-hydrogen) atoms. The Morgan fingerprint density at radius 3 is 2.11 bits per heavy atom. The fourth-order valence-electron chi connectivity index (χ4n) is 1.67. The van der Waals surface area contributed by atoms with Gasteiger partial charge in [0.05, 0.1) is 12.6 Å². The lowest BCUT2D eigenvalue weighted by Gasteiger charge is -1.93. The van der Waals surface area contributed by atoms with Crippen molar-refractivity contribution in [2.75, 3.05) is 0 Å². The number of benzene rings is 1. The van der Waals surface area contributed by atoms with E-state index in [-0.39, 0.29) is 0 Å². The first kappa shape index (κ1) is 12.9. The van der Waals surface area contributed by atoms with Crippen LogP contribution in [0.25, 0.3) is 10.4 Å². The van der Waals surface area contributed by atoms with Gasteiger partial charge in [0.1, 0.15) is 0 Å². The molecule has 0 aliphatic heterocycles. The molecule has 0 fully saturated rings. The van der Waals surface area contributed by atoms with E-state index in [1.165, 1.54) is 13.3 Å². The van der Waals surface area contributed by atoms with E-state index in [0.29, 0.717) is 0 Å². The second-order valence-electron chi connectivity index (χ2n) is 3.88. The molecule has 3 heteroatoms. The normalized spacial score (nSPS) is 9.95. The Kier molecular flexibility index (Phi) is 4.02. The topological polar surface area (TPSA) is 0 Å². The van der Waals surface area contributed by atoms with Gasteiger partial charge in [0, 0.05) is 4.88 Å². The molecule has 0 unspecified atom stereocenters. The summed E-state index contributed by atoms with van der Waals surface area (Å²) in [6.45, 7) is 0.